The third-order valence-electron chi connectivity index (χ3n) is 14.6. The lowest BCUT2D eigenvalue weighted by molar-refractivity contribution is -0.161. The first-order valence-electron chi connectivity index (χ1n) is 32.7. The van der Waals surface area contributed by atoms with E-state index in [1.807, 2.05) is 0 Å². The van der Waals surface area contributed by atoms with Crippen LogP contribution in [0, 0.1) is 5.92 Å². The molecule has 0 aliphatic carbocycles. The fourth-order valence-corrected chi connectivity index (χ4v) is 10.8. The maximum Gasteiger partial charge on any atom is 0.472 e. The average molecular weight is 1200 g/mol. The zero-order valence-electron chi connectivity index (χ0n) is 51.9. The van der Waals surface area contributed by atoms with E-state index in [1.54, 1.807) is 0 Å². The standard InChI is InChI=1S/C62H120O17P2/c1-6-10-13-16-19-21-23-25-31-36-41-46-60(65)73-52-58(79-62(67)48-43-38-33-28-27-30-34-39-44-55(5)9-4)54-77-81(70,71)75-50-56(63)49-74-80(68,69)76-53-57(51-72-59(64)45-40-35-29-18-15-12-8-3)78-61(66)47-42-37-32-26-24-22-20-17-14-11-7-2/h55-58,63H,6-54H2,1-5H3,(H,68,69)(H,70,71)/t55?,56-,57+,58+/m0/s1. The van der Waals surface area contributed by atoms with Crippen molar-refractivity contribution in [2.75, 3.05) is 39.6 Å². The van der Waals surface area contributed by atoms with Crippen LogP contribution in [-0.2, 0) is 65.4 Å². The molecular weight excluding hydrogens is 1080 g/mol. The van der Waals surface area contributed by atoms with Gasteiger partial charge in [-0.05, 0) is 31.6 Å². The number of esters is 4. The number of phosphoric acid groups is 2. The predicted octanol–water partition coefficient (Wildman–Crippen LogP) is 17.0. The monoisotopic (exact) mass is 1200 g/mol. The molecule has 0 spiro atoms. The van der Waals surface area contributed by atoms with Crippen molar-refractivity contribution in [1.29, 1.82) is 0 Å². The van der Waals surface area contributed by atoms with Crippen LogP contribution in [-0.4, -0.2) is 96.7 Å². The minimum Gasteiger partial charge on any atom is -0.462 e. The lowest BCUT2D eigenvalue weighted by Gasteiger charge is -2.21. The Morgan fingerprint density at radius 1 is 0.346 bits per heavy atom. The summed E-state index contributed by atoms with van der Waals surface area (Å²) in [6.45, 7) is 7.13. The molecule has 0 saturated heterocycles. The van der Waals surface area contributed by atoms with Crippen LogP contribution >= 0.6 is 15.6 Å². The quantitative estimate of drug-likeness (QED) is 0.0222. The van der Waals surface area contributed by atoms with Crippen molar-refractivity contribution in [3.63, 3.8) is 0 Å². The van der Waals surface area contributed by atoms with Crippen LogP contribution in [0.25, 0.3) is 0 Å². The third-order valence-corrected chi connectivity index (χ3v) is 16.5. The zero-order valence-corrected chi connectivity index (χ0v) is 53.7. The summed E-state index contributed by atoms with van der Waals surface area (Å²) in [4.78, 5) is 72.0. The molecule has 480 valence electrons. The molecular formula is C62H120O17P2. The van der Waals surface area contributed by atoms with E-state index in [9.17, 15) is 43.2 Å². The average Bonchev–Trinajstić information content (AvgIpc) is 3.44. The van der Waals surface area contributed by atoms with Crippen molar-refractivity contribution < 1.29 is 80.2 Å². The lowest BCUT2D eigenvalue weighted by atomic mass is 9.99. The molecule has 0 bridgehead atoms. The number of unbranched alkanes of at least 4 members (excludes halogenated alkanes) is 33. The second-order valence-electron chi connectivity index (χ2n) is 22.7. The highest BCUT2D eigenvalue weighted by Gasteiger charge is 2.30. The molecule has 0 rings (SSSR count). The van der Waals surface area contributed by atoms with Crippen molar-refractivity contribution in [3.8, 4) is 0 Å². The van der Waals surface area contributed by atoms with Gasteiger partial charge in [-0.3, -0.25) is 37.3 Å². The van der Waals surface area contributed by atoms with E-state index in [4.69, 9.17) is 37.0 Å². The van der Waals surface area contributed by atoms with E-state index in [0.29, 0.717) is 25.7 Å². The Hall–Kier alpha value is -1.94. The Morgan fingerprint density at radius 2 is 0.593 bits per heavy atom. The molecule has 0 fully saturated rings. The van der Waals surface area contributed by atoms with Gasteiger partial charge in [-0.1, -0.05) is 259 Å². The number of ether oxygens (including phenoxy) is 4. The van der Waals surface area contributed by atoms with Gasteiger partial charge in [0, 0.05) is 25.7 Å². The zero-order chi connectivity index (χ0) is 59.9. The molecule has 0 radical (unpaired) electrons. The minimum atomic E-state index is -4.94. The Morgan fingerprint density at radius 3 is 0.877 bits per heavy atom. The fraction of sp³-hybridized carbons (Fsp3) is 0.935. The van der Waals surface area contributed by atoms with Crippen molar-refractivity contribution in [2.24, 2.45) is 5.92 Å². The Labute approximate surface area is 492 Å². The largest absolute Gasteiger partial charge is 0.472 e. The topological polar surface area (TPSA) is 237 Å². The summed E-state index contributed by atoms with van der Waals surface area (Å²) in [6, 6.07) is 0. The molecule has 3 unspecified atom stereocenters. The smallest absolute Gasteiger partial charge is 0.462 e. The van der Waals surface area contributed by atoms with Crippen LogP contribution in [0.5, 0.6) is 0 Å². The summed E-state index contributed by atoms with van der Waals surface area (Å²) in [5.74, 6) is -1.37. The first-order chi connectivity index (χ1) is 39.1. The molecule has 0 heterocycles. The number of aliphatic hydroxyl groups excluding tert-OH is 1. The summed E-state index contributed by atoms with van der Waals surface area (Å²) in [5.41, 5.74) is 0. The summed E-state index contributed by atoms with van der Waals surface area (Å²) >= 11 is 0. The molecule has 0 aliphatic rings. The van der Waals surface area contributed by atoms with Crippen LogP contribution in [0.1, 0.15) is 311 Å². The number of rotatable bonds is 62. The van der Waals surface area contributed by atoms with Crippen LogP contribution < -0.4 is 0 Å². The summed E-state index contributed by atoms with van der Waals surface area (Å²) in [6.07, 6.45) is 38.9. The first kappa shape index (κ1) is 79.1. The number of hydrogen-bond acceptors (Lipinski definition) is 15. The van der Waals surface area contributed by atoms with E-state index in [1.165, 1.54) is 122 Å². The highest BCUT2D eigenvalue weighted by Crippen LogP contribution is 2.45. The van der Waals surface area contributed by atoms with Gasteiger partial charge >= 0.3 is 39.5 Å². The molecule has 0 aromatic heterocycles. The van der Waals surface area contributed by atoms with Gasteiger partial charge in [-0.15, -0.1) is 0 Å². The summed E-state index contributed by atoms with van der Waals surface area (Å²) < 4.78 is 67.8. The maximum atomic E-state index is 12.9. The molecule has 6 atom stereocenters. The molecule has 3 N–H and O–H groups in total. The van der Waals surface area contributed by atoms with Crippen molar-refractivity contribution >= 4 is 39.5 Å². The molecule has 0 aliphatic heterocycles. The van der Waals surface area contributed by atoms with Crippen molar-refractivity contribution in [2.45, 2.75) is 329 Å². The van der Waals surface area contributed by atoms with Gasteiger partial charge in [-0.25, -0.2) is 9.13 Å². The predicted molar refractivity (Wildman–Crippen MR) is 322 cm³/mol. The van der Waals surface area contributed by atoms with Gasteiger partial charge < -0.3 is 33.8 Å². The van der Waals surface area contributed by atoms with E-state index in [0.717, 1.165) is 109 Å². The van der Waals surface area contributed by atoms with E-state index >= 15 is 0 Å². The summed E-state index contributed by atoms with van der Waals surface area (Å²) in [5, 5.41) is 10.5. The molecule has 81 heavy (non-hydrogen) atoms. The van der Waals surface area contributed by atoms with Crippen LogP contribution in [0.4, 0.5) is 0 Å². The number of phosphoric ester groups is 2. The molecule has 19 heteroatoms. The van der Waals surface area contributed by atoms with E-state index in [-0.39, 0.29) is 25.7 Å². The molecule has 0 amide bonds. The Balaban J connectivity index is 5.22. The molecule has 17 nitrogen and oxygen atoms in total. The van der Waals surface area contributed by atoms with Gasteiger partial charge in [0.15, 0.2) is 12.2 Å². The molecule has 0 aromatic carbocycles. The SMILES string of the molecule is CCCCCCCCCCCCCC(=O)OC[C@H](COP(=O)(O)OC[C@@H](O)COP(=O)(O)OC[C@@H](COC(=O)CCCCCCCCC)OC(=O)CCCCCCCCCCCCC)OC(=O)CCCCCCCCCCC(C)CC. The normalized spacial score (nSPS) is 14.6. The third kappa shape index (κ3) is 55.7. The number of carbonyl (C=O) groups is 4. The number of carbonyl (C=O) groups excluding carboxylic acids is 4. The van der Waals surface area contributed by atoms with Crippen molar-refractivity contribution in [1.82, 2.24) is 0 Å². The van der Waals surface area contributed by atoms with E-state index in [2.05, 4.69) is 34.6 Å². The Kier molecular flexibility index (Phi) is 54.6. The van der Waals surface area contributed by atoms with Gasteiger partial charge in [0.25, 0.3) is 0 Å². The highest BCUT2D eigenvalue weighted by molar-refractivity contribution is 7.47. The van der Waals surface area contributed by atoms with Gasteiger partial charge in [-0.2, -0.15) is 0 Å². The van der Waals surface area contributed by atoms with Gasteiger partial charge in [0.2, 0.25) is 0 Å². The van der Waals surface area contributed by atoms with Crippen LogP contribution in [0.3, 0.4) is 0 Å². The molecule has 0 aromatic rings. The van der Waals surface area contributed by atoms with Gasteiger partial charge in [0.1, 0.15) is 19.3 Å². The minimum absolute atomic E-state index is 0.105. The Bertz CT molecular complexity index is 1590. The summed E-state index contributed by atoms with van der Waals surface area (Å²) in [7, 11) is -9.88. The maximum absolute atomic E-state index is 12.9. The van der Waals surface area contributed by atoms with Crippen molar-refractivity contribution in [3.05, 3.63) is 0 Å². The second-order valence-corrected chi connectivity index (χ2v) is 25.6. The second kappa shape index (κ2) is 55.9. The molecule has 0 saturated carbocycles. The number of hydrogen-bond donors (Lipinski definition) is 3. The lowest BCUT2D eigenvalue weighted by Crippen LogP contribution is -2.30. The highest BCUT2D eigenvalue weighted by atomic mass is 31.2. The fourth-order valence-electron chi connectivity index (χ4n) is 9.20. The van der Waals surface area contributed by atoms with Crippen LogP contribution in [0.15, 0.2) is 0 Å². The van der Waals surface area contributed by atoms with Crippen LogP contribution in [0.2, 0.25) is 0 Å². The number of aliphatic hydroxyl groups is 1. The first-order valence-corrected chi connectivity index (χ1v) is 35.7. The van der Waals surface area contributed by atoms with Gasteiger partial charge in [0.05, 0.1) is 26.4 Å². The van der Waals surface area contributed by atoms with E-state index < -0.39 is 97.5 Å².